The van der Waals surface area contributed by atoms with Gasteiger partial charge in [-0.05, 0) is 18.6 Å². The van der Waals surface area contributed by atoms with E-state index in [1.807, 2.05) is 6.92 Å². The van der Waals surface area contributed by atoms with Gasteiger partial charge in [0, 0.05) is 35.1 Å². The number of aromatic nitrogens is 6. The molecule has 0 radical (unpaired) electrons. The lowest BCUT2D eigenvalue weighted by Gasteiger charge is -2.02. The van der Waals surface area contributed by atoms with Crippen molar-refractivity contribution in [1.29, 1.82) is 0 Å². The van der Waals surface area contributed by atoms with E-state index in [1.54, 1.807) is 35.9 Å². The number of aryl methyl sites for hydroxylation is 1. The number of hydrogen-bond donors (Lipinski definition) is 0. The van der Waals surface area contributed by atoms with E-state index in [-0.39, 0.29) is 11.4 Å². The molecule has 0 aliphatic rings. The summed E-state index contributed by atoms with van der Waals surface area (Å²) >= 11 is 7.50. The Bertz CT molecular complexity index is 1150. The molecule has 0 aromatic carbocycles. The van der Waals surface area contributed by atoms with E-state index in [4.69, 9.17) is 16.1 Å². The van der Waals surface area contributed by atoms with Gasteiger partial charge in [-0.15, -0.1) is 11.3 Å². The van der Waals surface area contributed by atoms with Gasteiger partial charge in [0.15, 0.2) is 0 Å². The lowest BCUT2D eigenvalue weighted by atomic mass is 10.3. The van der Waals surface area contributed by atoms with Gasteiger partial charge in [0.05, 0.1) is 16.6 Å². The highest BCUT2D eigenvalue weighted by molar-refractivity contribution is 7.11. The minimum absolute atomic E-state index is 0.206. The van der Waals surface area contributed by atoms with Crippen LogP contribution in [0.25, 0.3) is 23.0 Å². The summed E-state index contributed by atoms with van der Waals surface area (Å²) in [5.74, 6) is 0.548. The second kappa shape index (κ2) is 7.37. The second-order valence-corrected chi connectivity index (χ2v) is 7.24. The fourth-order valence-corrected chi connectivity index (χ4v) is 3.41. The average molecular weight is 401 g/mol. The quantitative estimate of drug-likeness (QED) is 0.507. The zero-order valence-electron chi connectivity index (χ0n) is 14.2. The smallest absolute Gasteiger partial charge is 0.278 e. The highest BCUT2D eigenvalue weighted by Gasteiger charge is 2.14. The van der Waals surface area contributed by atoms with Gasteiger partial charge >= 0.3 is 0 Å². The first-order valence-electron chi connectivity index (χ1n) is 8.09. The summed E-state index contributed by atoms with van der Waals surface area (Å²) in [5.41, 5.74) is 0.815. The summed E-state index contributed by atoms with van der Waals surface area (Å²) in [4.78, 5) is 25.7. The van der Waals surface area contributed by atoms with Crippen LogP contribution >= 0.6 is 22.9 Å². The number of rotatable bonds is 5. The van der Waals surface area contributed by atoms with Crippen LogP contribution in [0, 0.1) is 0 Å². The lowest BCUT2D eigenvalue weighted by molar-refractivity contribution is 0.429. The first-order valence-corrected chi connectivity index (χ1v) is 9.28. The van der Waals surface area contributed by atoms with Gasteiger partial charge in [-0.3, -0.25) is 9.78 Å². The first-order chi connectivity index (χ1) is 13.1. The standard InChI is InChI=1S/C17H13ClN6O2S/c1-2-14-20-8-12(27-14)9-24-15(25)4-3-13(22-24)17-21-16(23-26-17)10-5-11(18)7-19-6-10/h3-8H,2,9H2,1H3. The van der Waals surface area contributed by atoms with Crippen molar-refractivity contribution in [3.8, 4) is 23.0 Å². The maximum atomic E-state index is 12.1. The van der Waals surface area contributed by atoms with Crippen LogP contribution in [0.2, 0.25) is 5.02 Å². The molecular formula is C17H13ClN6O2S. The van der Waals surface area contributed by atoms with Crippen LogP contribution in [0.3, 0.4) is 0 Å². The molecule has 10 heteroatoms. The summed E-state index contributed by atoms with van der Waals surface area (Å²) in [6.45, 7) is 2.37. The Morgan fingerprint density at radius 3 is 2.93 bits per heavy atom. The van der Waals surface area contributed by atoms with Gasteiger partial charge in [-0.25, -0.2) is 9.67 Å². The SMILES string of the molecule is CCc1ncc(Cn2nc(-c3nc(-c4cncc(Cl)c4)no3)ccc2=O)s1. The van der Waals surface area contributed by atoms with Crippen LogP contribution in [-0.4, -0.2) is 29.9 Å². The summed E-state index contributed by atoms with van der Waals surface area (Å²) in [7, 11) is 0. The maximum absolute atomic E-state index is 12.1. The third-order valence-electron chi connectivity index (χ3n) is 3.68. The number of nitrogens with zero attached hydrogens (tertiary/aromatic N) is 6. The van der Waals surface area contributed by atoms with Crippen molar-refractivity contribution in [3.63, 3.8) is 0 Å². The molecule has 0 bridgehead atoms. The fourth-order valence-electron chi connectivity index (χ4n) is 2.39. The Labute approximate surface area is 162 Å². The zero-order valence-corrected chi connectivity index (χ0v) is 15.7. The largest absolute Gasteiger partial charge is 0.332 e. The van der Waals surface area contributed by atoms with Gasteiger partial charge in [0.2, 0.25) is 5.82 Å². The summed E-state index contributed by atoms with van der Waals surface area (Å²) in [6, 6.07) is 4.66. The molecule has 4 rings (SSSR count). The predicted molar refractivity (Wildman–Crippen MR) is 101 cm³/mol. The van der Waals surface area contributed by atoms with E-state index in [2.05, 4.69) is 25.2 Å². The van der Waals surface area contributed by atoms with Crippen molar-refractivity contribution in [1.82, 2.24) is 29.9 Å². The van der Waals surface area contributed by atoms with Crippen LogP contribution in [0.4, 0.5) is 0 Å². The van der Waals surface area contributed by atoms with Crippen LogP contribution in [0.15, 0.2) is 46.1 Å². The van der Waals surface area contributed by atoms with Crippen LogP contribution < -0.4 is 5.56 Å². The van der Waals surface area contributed by atoms with E-state index in [0.717, 1.165) is 16.3 Å². The Kier molecular flexibility index (Phi) is 4.78. The van der Waals surface area contributed by atoms with Gasteiger partial charge in [0.1, 0.15) is 5.69 Å². The Balaban J connectivity index is 1.64. The maximum Gasteiger partial charge on any atom is 0.278 e. The molecule has 4 heterocycles. The molecule has 0 aliphatic carbocycles. The van der Waals surface area contributed by atoms with Gasteiger partial charge in [-0.1, -0.05) is 23.7 Å². The molecule has 8 nitrogen and oxygen atoms in total. The minimum atomic E-state index is -0.219. The van der Waals surface area contributed by atoms with Crippen molar-refractivity contribution in [2.75, 3.05) is 0 Å². The molecule has 4 aromatic rings. The van der Waals surface area contributed by atoms with Gasteiger partial charge < -0.3 is 4.52 Å². The summed E-state index contributed by atoms with van der Waals surface area (Å²) < 4.78 is 6.65. The molecule has 0 saturated carbocycles. The van der Waals surface area contributed by atoms with Crippen molar-refractivity contribution >= 4 is 22.9 Å². The minimum Gasteiger partial charge on any atom is -0.332 e. The van der Waals surface area contributed by atoms with Crippen LogP contribution in [0.5, 0.6) is 0 Å². The van der Waals surface area contributed by atoms with E-state index in [0.29, 0.717) is 28.6 Å². The number of pyridine rings is 1. The Morgan fingerprint density at radius 1 is 1.26 bits per heavy atom. The predicted octanol–water partition coefficient (Wildman–Crippen LogP) is 3.08. The average Bonchev–Trinajstić information content (AvgIpc) is 3.33. The molecule has 0 atom stereocenters. The molecule has 0 spiro atoms. The topological polar surface area (TPSA) is 99.6 Å². The molecule has 0 fully saturated rings. The number of halogens is 1. The Hall–Kier alpha value is -2.91. The van der Waals surface area contributed by atoms with Crippen LogP contribution in [0.1, 0.15) is 16.8 Å². The lowest BCUT2D eigenvalue weighted by Crippen LogP contribution is -2.22. The molecule has 136 valence electrons. The third kappa shape index (κ3) is 3.79. The van der Waals surface area contributed by atoms with Crippen molar-refractivity contribution in [3.05, 3.63) is 62.1 Å². The van der Waals surface area contributed by atoms with Crippen molar-refractivity contribution in [2.24, 2.45) is 0 Å². The van der Waals surface area contributed by atoms with Gasteiger partial charge in [0.25, 0.3) is 11.4 Å². The first kappa shape index (κ1) is 17.5. The molecule has 0 saturated heterocycles. The molecule has 0 unspecified atom stereocenters. The molecule has 4 aromatic heterocycles. The monoisotopic (exact) mass is 400 g/mol. The highest BCUT2D eigenvalue weighted by atomic mass is 35.5. The van der Waals surface area contributed by atoms with Gasteiger partial charge in [-0.2, -0.15) is 10.1 Å². The van der Waals surface area contributed by atoms with E-state index in [1.165, 1.54) is 16.9 Å². The van der Waals surface area contributed by atoms with E-state index in [9.17, 15) is 4.79 Å². The van der Waals surface area contributed by atoms with E-state index < -0.39 is 0 Å². The summed E-state index contributed by atoms with van der Waals surface area (Å²) in [5, 5.41) is 9.77. The van der Waals surface area contributed by atoms with Crippen LogP contribution in [-0.2, 0) is 13.0 Å². The summed E-state index contributed by atoms with van der Waals surface area (Å²) in [6.07, 6.45) is 5.73. The molecule has 0 amide bonds. The molecule has 0 aliphatic heterocycles. The number of hydrogen-bond acceptors (Lipinski definition) is 8. The van der Waals surface area contributed by atoms with Crippen molar-refractivity contribution in [2.45, 2.75) is 19.9 Å². The third-order valence-corrected chi connectivity index (χ3v) is 5.02. The normalized spacial score (nSPS) is 11.0. The number of thiazole rings is 1. The molecule has 27 heavy (non-hydrogen) atoms. The molecule has 0 N–H and O–H groups in total. The fraction of sp³-hybridized carbons (Fsp3) is 0.176. The molecular weight excluding hydrogens is 388 g/mol. The van der Waals surface area contributed by atoms with E-state index >= 15 is 0 Å². The Morgan fingerprint density at radius 2 is 2.15 bits per heavy atom. The second-order valence-electron chi connectivity index (χ2n) is 5.60. The zero-order chi connectivity index (χ0) is 18.8. The van der Waals surface area contributed by atoms with Crippen molar-refractivity contribution < 1.29 is 4.52 Å². The highest BCUT2D eigenvalue weighted by Crippen LogP contribution is 2.22.